The Morgan fingerprint density at radius 2 is 2.64 bits per heavy atom. The molecule has 0 bridgehead atoms. The van der Waals surface area contributed by atoms with Gasteiger partial charge in [-0.1, -0.05) is 18.3 Å². The van der Waals surface area contributed by atoms with Crippen LogP contribution in [0.5, 0.6) is 0 Å². The highest BCUT2D eigenvalue weighted by atomic mass is 32.1. The molecule has 4 nitrogen and oxygen atoms in total. The van der Waals surface area contributed by atoms with Crippen molar-refractivity contribution >= 4 is 17.3 Å². The fourth-order valence-electron chi connectivity index (χ4n) is 0.519. The Kier molecular flexibility index (Phi) is 2.97. The Morgan fingerprint density at radius 1 is 1.82 bits per heavy atom. The average molecular weight is 172 g/mol. The van der Waals surface area contributed by atoms with Crippen LogP contribution >= 0.6 is 11.3 Å². The Labute approximate surface area is 68.2 Å². The van der Waals surface area contributed by atoms with E-state index >= 15 is 0 Å². The van der Waals surface area contributed by atoms with E-state index in [0.717, 1.165) is 6.42 Å². The highest BCUT2D eigenvalue weighted by molar-refractivity contribution is 7.11. The zero-order valence-corrected chi connectivity index (χ0v) is 6.93. The molecule has 1 heterocycles. The molecule has 0 saturated carbocycles. The van der Waals surface area contributed by atoms with Crippen molar-refractivity contribution in [3.05, 3.63) is 10.5 Å². The molecule has 0 aliphatic carbocycles. The van der Waals surface area contributed by atoms with Gasteiger partial charge in [0.05, 0.1) is 6.61 Å². The van der Waals surface area contributed by atoms with Crippen molar-refractivity contribution in [1.29, 1.82) is 0 Å². The number of ether oxygens (including phenoxy) is 1. The van der Waals surface area contributed by atoms with Crippen molar-refractivity contribution in [1.82, 2.24) is 10.2 Å². The van der Waals surface area contributed by atoms with Gasteiger partial charge in [-0.25, -0.2) is 4.79 Å². The van der Waals surface area contributed by atoms with E-state index in [1.807, 2.05) is 6.92 Å². The molecule has 0 N–H and O–H groups in total. The third-order valence-electron chi connectivity index (χ3n) is 0.972. The number of aromatic nitrogens is 2. The molecule has 0 aromatic carbocycles. The fraction of sp³-hybridized carbons (Fsp3) is 0.500. The summed E-state index contributed by atoms with van der Waals surface area (Å²) in [6.07, 6.45) is 0.824. The van der Waals surface area contributed by atoms with Crippen LogP contribution in [0.15, 0.2) is 5.51 Å². The van der Waals surface area contributed by atoms with Gasteiger partial charge in [0.25, 0.3) is 0 Å². The summed E-state index contributed by atoms with van der Waals surface area (Å²) in [7, 11) is 0. The lowest BCUT2D eigenvalue weighted by atomic mass is 10.5. The minimum atomic E-state index is -0.380. The number of carbonyl (C=O) groups is 1. The van der Waals surface area contributed by atoms with Crippen molar-refractivity contribution in [2.75, 3.05) is 6.61 Å². The van der Waals surface area contributed by atoms with E-state index in [1.54, 1.807) is 0 Å². The molecule has 5 heteroatoms. The van der Waals surface area contributed by atoms with Gasteiger partial charge >= 0.3 is 5.97 Å². The minimum Gasteiger partial charge on any atom is -0.460 e. The average Bonchev–Trinajstić information content (AvgIpc) is 2.52. The zero-order valence-electron chi connectivity index (χ0n) is 6.11. The van der Waals surface area contributed by atoms with Crippen LogP contribution in [0.3, 0.4) is 0 Å². The molecular formula is C6H8N2O2S. The molecule has 1 aromatic rings. The first kappa shape index (κ1) is 8.13. The Morgan fingerprint density at radius 3 is 3.18 bits per heavy atom. The SMILES string of the molecule is CCCOC(=O)c1nncs1. The lowest BCUT2D eigenvalue weighted by Gasteiger charge is -1.96. The lowest BCUT2D eigenvalue weighted by Crippen LogP contribution is -2.05. The quantitative estimate of drug-likeness (QED) is 0.641. The van der Waals surface area contributed by atoms with Gasteiger partial charge in [0.1, 0.15) is 5.51 Å². The highest BCUT2D eigenvalue weighted by Gasteiger charge is 2.09. The zero-order chi connectivity index (χ0) is 8.10. The molecule has 0 atom stereocenters. The van der Waals surface area contributed by atoms with Crippen molar-refractivity contribution < 1.29 is 9.53 Å². The van der Waals surface area contributed by atoms with E-state index in [9.17, 15) is 4.79 Å². The Bertz CT molecular complexity index is 222. The van der Waals surface area contributed by atoms with Crippen LogP contribution in [-0.4, -0.2) is 22.8 Å². The van der Waals surface area contributed by atoms with E-state index < -0.39 is 0 Å². The van der Waals surface area contributed by atoms with Crippen LogP contribution in [0.1, 0.15) is 23.1 Å². The second-order valence-electron chi connectivity index (χ2n) is 1.88. The van der Waals surface area contributed by atoms with Crippen molar-refractivity contribution in [2.24, 2.45) is 0 Å². The second-order valence-corrected chi connectivity index (χ2v) is 2.71. The maximum atomic E-state index is 11.0. The van der Waals surface area contributed by atoms with Crippen LogP contribution in [0.4, 0.5) is 0 Å². The first-order valence-electron chi connectivity index (χ1n) is 3.28. The van der Waals surface area contributed by atoms with Gasteiger partial charge in [-0.2, -0.15) is 0 Å². The van der Waals surface area contributed by atoms with E-state index in [-0.39, 0.29) is 5.97 Å². The van der Waals surface area contributed by atoms with Gasteiger partial charge < -0.3 is 4.74 Å². The number of hydrogen-bond donors (Lipinski definition) is 0. The van der Waals surface area contributed by atoms with Crippen LogP contribution < -0.4 is 0 Å². The fourth-order valence-corrected chi connectivity index (χ4v) is 0.962. The molecule has 0 unspecified atom stereocenters. The monoisotopic (exact) mass is 172 g/mol. The molecule has 60 valence electrons. The molecule has 11 heavy (non-hydrogen) atoms. The van der Waals surface area contributed by atoms with E-state index in [0.29, 0.717) is 11.6 Å². The summed E-state index contributed by atoms with van der Waals surface area (Å²) in [5.41, 5.74) is 1.50. The third-order valence-corrected chi connectivity index (χ3v) is 1.64. The van der Waals surface area contributed by atoms with E-state index in [1.165, 1.54) is 16.8 Å². The molecule has 0 amide bonds. The number of esters is 1. The maximum absolute atomic E-state index is 11.0. The van der Waals surface area contributed by atoms with Crippen LogP contribution in [0.2, 0.25) is 0 Å². The third kappa shape index (κ3) is 2.27. The van der Waals surface area contributed by atoms with Crippen molar-refractivity contribution in [3.63, 3.8) is 0 Å². The van der Waals surface area contributed by atoms with Crippen molar-refractivity contribution in [3.8, 4) is 0 Å². The largest absolute Gasteiger partial charge is 0.460 e. The molecule has 0 radical (unpaired) electrons. The number of nitrogens with zero attached hydrogens (tertiary/aromatic N) is 2. The summed E-state index contributed by atoms with van der Waals surface area (Å²) in [5, 5.41) is 7.40. The summed E-state index contributed by atoms with van der Waals surface area (Å²) in [6, 6.07) is 0. The molecule has 1 aromatic heterocycles. The molecule has 0 fully saturated rings. The predicted octanol–water partition coefficient (Wildman–Crippen LogP) is 1.10. The molecule has 0 aliphatic heterocycles. The number of hydrogen-bond acceptors (Lipinski definition) is 5. The predicted molar refractivity (Wildman–Crippen MR) is 40.5 cm³/mol. The van der Waals surface area contributed by atoms with E-state index in [4.69, 9.17) is 4.74 Å². The van der Waals surface area contributed by atoms with Gasteiger partial charge in [0.15, 0.2) is 0 Å². The van der Waals surface area contributed by atoms with Crippen LogP contribution in [0.25, 0.3) is 0 Å². The molecule has 0 aliphatic rings. The maximum Gasteiger partial charge on any atom is 0.369 e. The molecule has 0 saturated heterocycles. The normalized spacial score (nSPS) is 9.55. The topological polar surface area (TPSA) is 52.1 Å². The summed E-state index contributed by atoms with van der Waals surface area (Å²) < 4.78 is 4.80. The van der Waals surface area contributed by atoms with Crippen LogP contribution in [0, 0.1) is 0 Å². The van der Waals surface area contributed by atoms with Gasteiger partial charge in [-0.05, 0) is 6.42 Å². The summed E-state index contributed by atoms with van der Waals surface area (Å²) in [4.78, 5) is 11.0. The number of carbonyl (C=O) groups excluding carboxylic acids is 1. The first-order chi connectivity index (χ1) is 5.34. The molecular weight excluding hydrogens is 164 g/mol. The van der Waals surface area contributed by atoms with Gasteiger partial charge in [0, 0.05) is 0 Å². The van der Waals surface area contributed by atoms with E-state index in [2.05, 4.69) is 10.2 Å². The summed E-state index contributed by atoms with van der Waals surface area (Å²) >= 11 is 1.18. The number of rotatable bonds is 3. The minimum absolute atomic E-state index is 0.318. The van der Waals surface area contributed by atoms with Gasteiger partial charge in [-0.3, -0.25) is 0 Å². The smallest absolute Gasteiger partial charge is 0.369 e. The van der Waals surface area contributed by atoms with Crippen molar-refractivity contribution in [2.45, 2.75) is 13.3 Å². The molecule has 0 spiro atoms. The summed E-state index contributed by atoms with van der Waals surface area (Å²) in [5.74, 6) is -0.380. The van der Waals surface area contributed by atoms with Gasteiger partial charge in [-0.15, -0.1) is 10.2 Å². The summed E-state index contributed by atoms with van der Waals surface area (Å²) in [6.45, 7) is 2.38. The van der Waals surface area contributed by atoms with Gasteiger partial charge in [0.2, 0.25) is 5.01 Å². The second kappa shape index (κ2) is 4.02. The highest BCUT2D eigenvalue weighted by Crippen LogP contribution is 2.03. The first-order valence-corrected chi connectivity index (χ1v) is 4.16. The Balaban J connectivity index is 2.43. The lowest BCUT2D eigenvalue weighted by molar-refractivity contribution is 0.0503. The molecule has 1 rings (SSSR count). The Hall–Kier alpha value is -0.970. The standard InChI is InChI=1S/C6H8N2O2S/c1-2-3-10-6(9)5-8-7-4-11-5/h4H,2-3H2,1H3. The van der Waals surface area contributed by atoms with Crippen LogP contribution in [-0.2, 0) is 4.74 Å².